The number of hydrogen-bond donors (Lipinski definition) is 3. The van der Waals surface area contributed by atoms with Crippen molar-refractivity contribution in [2.24, 2.45) is 5.92 Å². The van der Waals surface area contributed by atoms with E-state index in [0.29, 0.717) is 25.7 Å². The van der Waals surface area contributed by atoms with Crippen molar-refractivity contribution in [3.63, 3.8) is 0 Å². The van der Waals surface area contributed by atoms with Crippen molar-refractivity contribution in [3.05, 3.63) is 0 Å². The van der Waals surface area contributed by atoms with Gasteiger partial charge in [-0.15, -0.1) is 0 Å². The first-order valence-electron chi connectivity index (χ1n) is 45.1. The number of carbonyl (C=O) groups excluding carboxylic acids is 4. The molecule has 17 nitrogen and oxygen atoms in total. The monoisotopic (exact) mass is 1550 g/mol. The first kappa shape index (κ1) is 104. The zero-order chi connectivity index (χ0) is 77.6. The molecule has 2 unspecified atom stereocenters. The maximum Gasteiger partial charge on any atom is 0.472 e. The molecule has 0 spiro atoms. The molecule has 0 aliphatic carbocycles. The second-order valence-corrected chi connectivity index (χ2v) is 34.7. The highest BCUT2D eigenvalue weighted by atomic mass is 31.2. The van der Waals surface area contributed by atoms with Crippen LogP contribution >= 0.6 is 15.6 Å². The zero-order valence-electron chi connectivity index (χ0n) is 69.6. The van der Waals surface area contributed by atoms with E-state index < -0.39 is 97.5 Å². The van der Waals surface area contributed by atoms with E-state index in [2.05, 4.69) is 34.6 Å². The first-order chi connectivity index (χ1) is 51.5. The molecule has 0 rings (SSSR count). The van der Waals surface area contributed by atoms with Crippen LogP contribution in [0.15, 0.2) is 0 Å². The molecule has 0 bridgehead atoms. The third kappa shape index (κ3) is 80.1. The highest BCUT2D eigenvalue weighted by molar-refractivity contribution is 7.47. The number of phosphoric acid groups is 2. The molecule has 630 valence electrons. The molecule has 0 aromatic heterocycles. The number of phosphoric ester groups is 2. The summed E-state index contributed by atoms with van der Waals surface area (Å²) in [6.07, 6.45) is 73.5. The van der Waals surface area contributed by atoms with Gasteiger partial charge < -0.3 is 33.8 Å². The average molecular weight is 1550 g/mol. The summed E-state index contributed by atoms with van der Waals surface area (Å²) in [4.78, 5) is 73.3. The second kappa shape index (κ2) is 79.7. The quantitative estimate of drug-likeness (QED) is 0.0222. The molecule has 19 heteroatoms. The third-order valence-electron chi connectivity index (χ3n) is 20.5. The van der Waals surface area contributed by atoms with Crippen LogP contribution in [0.4, 0.5) is 0 Å². The summed E-state index contributed by atoms with van der Waals surface area (Å²) in [5.41, 5.74) is 0. The lowest BCUT2D eigenvalue weighted by atomic mass is 10.0. The second-order valence-electron chi connectivity index (χ2n) is 31.8. The lowest BCUT2D eigenvalue weighted by Crippen LogP contribution is -2.30. The Morgan fingerprint density at radius 2 is 0.434 bits per heavy atom. The molecule has 0 aromatic carbocycles. The molecule has 0 aliphatic heterocycles. The minimum atomic E-state index is -4.97. The predicted octanol–water partition coefficient (Wildman–Crippen LogP) is 26.8. The Hall–Kier alpha value is -1.94. The number of aliphatic hydroxyl groups is 1. The Morgan fingerprint density at radius 1 is 0.255 bits per heavy atom. The molecule has 3 N–H and O–H groups in total. The molecule has 0 aliphatic rings. The molecule has 106 heavy (non-hydrogen) atoms. The van der Waals surface area contributed by atoms with Crippen LogP contribution < -0.4 is 0 Å². The van der Waals surface area contributed by atoms with Gasteiger partial charge in [-0.05, 0) is 31.6 Å². The van der Waals surface area contributed by atoms with Crippen LogP contribution in [0.5, 0.6) is 0 Å². The Balaban J connectivity index is 5.24. The molecular weight excluding hydrogens is 1380 g/mol. The smallest absolute Gasteiger partial charge is 0.462 e. The number of esters is 4. The van der Waals surface area contributed by atoms with Crippen LogP contribution in [0, 0.1) is 5.92 Å². The summed E-state index contributed by atoms with van der Waals surface area (Å²) in [5, 5.41) is 10.7. The van der Waals surface area contributed by atoms with Crippen molar-refractivity contribution in [2.45, 2.75) is 490 Å². The number of unbranched alkanes of at least 4 members (excludes halogenated alkanes) is 59. The van der Waals surface area contributed by atoms with E-state index in [1.807, 2.05) is 0 Å². The van der Waals surface area contributed by atoms with Crippen LogP contribution in [0.2, 0.25) is 0 Å². The van der Waals surface area contributed by atoms with Gasteiger partial charge in [-0.1, -0.05) is 420 Å². The molecule has 0 amide bonds. The number of rotatable bonds is 87. The van der Waals surface area contributed by atoms with Gasteiger partial charge in [-0.25, -0.2) is 9.13 Å². The minimum Gasteiger partial charge on any atom is -0.462 e. The molecule has 0 fully saturated rings. The average Bonchev–Trinajstić information content (AvgIpc) is 0.906. The van der Waals surface area contributed by atoms with E-state index in [0.717, 1.165) is 95.8 Å². The summed E-state index contributed by atoms with van der Waals surface area (Å²) in [7, 11) is -9.93. The lowest BCUT2D eigenvalue weighted by molar-refractivity contribution is -0.161. The van der Waals surface area contributed by atoms with Gasteiger partial charge in [-0.3, -0.25) is 37.3 Å². The van der Waals surface area contributed by atoms with Crippen LogP contribution in [0.25, 0.3) is 0 Å². The number of aliphatic hydroxyl groups excluding tert-OH is 1. The largest absolute Gasteiger partial charge is 0.472 e. The van der Waals surface area contributed by atoms with Crippen molar-refractivity contribution >= 4 is 39.5 Å². The highest BCUT2D eigenvalue weighted by Gasteiger charge is 2.30. The van der Waals surface area contributed by atoms with Crippen molar-refractivity contribution in [1.29, 1.82) is 0 Å². The van der Waals surface area contributed by atoms with Crippen LogP contribution in [-0.4, -0.2) is 96.7 Å². The Labute approximate surface area is 651 Å². The van der Waals surface area contributed by atoms with Gasteiger partial charge in [0.15, 0.2) is 12.2 Å². The van der Waals surface area contributed by atoms with E-state index in [-0.39, 0.29) is 25.7 Å². The molecule has 0 heterocycles. The Kier molecular flexibility index (Phi) is 78.2. The van der Waals surface area contributed by atoms with Crippen molar-refractivity contribution in [2.75, 3.05) is 39.6 Å². The normalized spacial score (nSPS) is 13.7. The van der Waals surface area contributed by atoms with Gasteiger partial charge in [0.2, 0.25) is 0 Å². The summed E-state index contributed by atoms with van der Waals surface area (Å²) in [5.74, 6) is -1.30. The van der Waals surface area contributed by atoms with Gasteiger partial charge in [0.1, 0.15) is 19.3 Å². The molecule has 0 radical (unpaired) electrons. The zero-order valence-corrected chi connectivity index (χ0v) is 71.4. The summed E-state index contributed by atoms with van der Waals surface area (Å²) in [6, 6.07) is 0. The van der Waals surface area contributed by atoms with Crippen molar-refractivity contribution in [3.8, 4) is 0 Å². The summed E-state index contributed by atoms with van der Waals surface area (Å²) in [6.45, 7) is 7.40. The summed E-state index contributed by atoms with van der Waals surface area (Å²) < 4.78 is 68.9. The molecular formula is C87H170O17P2. The topological polar surface area (TPSA) is 237 Å². The molecule has 0 saturated carbocycles. The van der Waals surface area contributed by atoms with Gasteiger partial charge in [-0.2, -0.15) is 0 Å². The SMILES string of the molecule is CCCCCCCCCCCCCCCCCCCCCCCCC(=O)O[C@H](COC(=O)CCCCCCCCCCCCCCCCC(C)C)COP(=O)(O)OC[C@@H](O)COP(=O)(O)OC[C@@H](COC(=O)CCCCCCCCCCCCCC)OC(=O)CCCCCCCCCCCCCCCCC. The van der Waals surface area contributed by atoms with Gasteiger partial charge in [0.25, 0.3) is 0 Å². The van der Waals surface area contributed by atoms with E-state index in [1.54, 1.807) is 0 Å². The fraction of sp³-hybridized carbons (Fsp3) is 0.954. The van der Waals surface area contributed by atoms with Crippen LogP contribution in [-0.2, 0) is 65.4 Å². The number of carbonyl (C=O) groups is 4. The van der Waals surface area contributed by atoms with Gasteiger partial charge in [0, 0.05) is 25.7 Å². The fourth-order valence-corrected chi connectivity index (χ4v) is 15.2. The van der Waals surface area contributed by atoms with Gasteiger partial charge >= 0.3 is 39.5 Å². The minimum absolute atomic E-state index is 0.109. The van der Waals surface area contributed by atoms with Crippen molar-refractivity contribution in [1.82, 2.24) is 0 Å². The predicted molar refractivity (Wildman–Crippen MR) is 437 cm³/mol. The van der Waals surface area contributed by atoms with E-state index in [9.17, 15) is 43.2 Å². The molecule has 5 atom stereocenters. The van der Waals surface area contributed by atoms with Crippen molar-refractivity contribution < 1.29 is 80.2 Å². The fourth-order valence-electron chi connectivity index (χ4n) is 13.6. The van der Waals surface area contributed by atoms with E-state index in [1.165, 1.54) is 295 Å². The maximum atomic E-state index is 13.2. The highest BCUT2D eigenvalue weighted by Crippen LogP contribution is 2.45. The lowest BCUT2D eigenvalue weighted by Gasteiger charge is -2.21. The Bertz CT molecular complexity index is 2010. The molecule has 0 saturated heterocycles. The Morgan fingerprint density at radius 3 is 0.642 bits per heavy atom. The van der Waals surface area contributed by atoms with E-state index >= 15 is 0 Å². The number of ether oxygens (including phenoxy) is 4. The van der Waals surface area contributed by atoms with Crippen LogP contribution in [0.3, 0.4) is 0 Å². The molecule has 0 aromatic rings. The summed E-state index contributed by atoms with van der Waals surface area (Å²) >= 11 is 0. The standard InChI is InChI=1S/C87H170O17P2/c1-6-9-12-15-18-21-24-27-29-30-31-32-33-34-35-37-43-48-53-58-63-68-73-87(92)104-83(77-98-85(90)71-66-61-56-51-46-41-39-38-40-44-49-54-59-64-69-80(4)5)79-102-106(95,96)100-75-81(88)74-99-105(93,94)101-78-82(76-97-84(89)70-65-60-55-50-45-26-23-20-17-14-11-8-3)103-86(91)72-67-62-57-52-47-42-36-28-25-22-19-16-13-10-7-2/h80-83,88H,6-79H2,1-5H3,(H,93,94)(H,95,96)/t81-,82+,83+/m0/s1. The first-order valence-corrected chi connectivity index (χ1v) is 48.1. The maximum absolute atomic E-state index is 13.2. The van der Waals surface area contributed by atoms with E-state index in [4.69, 9.17) is 37.0 Å². The third-order valence-corrected chi connectivity index (χ3v) is 22.4. The van der Waals surface area contributed by atoms with Crippen LogP contribution in [0.1, 0.15) is 471 Å². The van der Waals surface area contributed by atoms with Gasteiger partial charge in [0.05, 0.1) is 26.4 Å². The number of hydrogen-bond acceptors (Lipinski definition) is 15.